The Balaban J connectivity index is 2.34. The Kier molecular flexibility index (Phi) is 4.95. The van der Waals surface area contributed by atoms with Crippen molar-refractivity contribution in [2.45, 2.75) is 5.37 Å². The topological polar surface area (TPSA) is 67.9 Å². The molecule has 0 aromatic heterocycles. The summed E-state index contributed by atoms with van der Waals surface area (Å²) in [7, 11) is 4.72. The van der Waals surface area contributed by atoms with Gasteiger partial charge in [-0.15, -0.1) is 11.8 Å². The number of thioether (sulfide) groups is 1. The van der Waals surface area contributed by atoms with Crippen LogP contribution in [0.1, 0.15) is 10.9 Å². The molecule has 1 aliphatic rings. The van der Waals surface area contributed by atoms with Gasteiger partial charge in [-0.1, -0.05) is 0 Å². The number of carbonyl (C=O) groups excluding carboxylic acids is 2. The minimum atomic E-state index is -0.250. The summed E-state index contributed by atoms with van der Waals surface area (Å²) in [4.78, 5) is 25.2. The van der Waals surface area contributed by atoms with Crippen LogP contribution in [0, 0.1) is 0 Å². The number of rotatable bonds is 5. The van der Waals surface area contributed by atoms with Crippen molar-refractivity contribution >= 4 is 23.6 Å². The smallest absolute Gasteiger partial charge is 0.239 e. The zero-order chi connectivity index (χ0) is 15.4. The fraction of sp³-hybridized carbons (Fsp3) is 0.429. The monoisotopic (exact) mass is 310 g/mol. The number of ether oxygens (including phenoxy) is 2. The second-order valence-electron chi connectivity index (χ2n) is 4.47. The van der Waals surface area contributed by atoms with E-state index >= 15 is 0 Å². The number of carbonyl (C=O) groups is 2. The van der Waals surface area contributed by atoms with Gasteiger partial charge in [0.05, 0.1) is 20.0 Å². The highest BCUT2D eigenvalue weighted by atomic mass is 32.2. The van der Waals surface area contributed by atoms with Crippen LogP contribution in [-0.2, 0) is 9.59 Å². The third kappa shape index (κ3) is 3.24. The molecule has 1 unspecified atom stereocenters. The maximum atomic E-state index is 12.0. The molecule has 114 valence electrons. The Labute approximate surface area is 127 Å². The minimum Gasteiger partial charge on any atom is -0.497 e. The van der Waals surface area contributed by atoms with Gasteiger partial charge >= 0.3 is 0 Å². The Morgan fingerprint density at radius 3 is 2.81 bits per heavy atom. The highest BCUT2D eigenvalue weighted by Gasteiger charge is 2.35. The Hall–Kier alpha value is -1.89. The van der Waals surface area contributed by atoms with Gasteiger partial charge in [0.2, 0.25) is 11.8 Å². The summed E-state index contributed by atoms with van der Waals surface area (Å²) in [6.07, 6.45) is 0. The lowest BCUT2D eigenvalue weighted by Gasteiger charge is -2.25. The van der Waals surface area contributed by atoms with Crippen LogP contribution in [-0.4, -0.2) is 50.3 Å². The molecule has 6 nitrogen and oxygen atoms in total. The van der Waals surface area contributed by atoms with E-state index < -0.39 is 0 Å². The van der Waals surface area contributed by atoms with Crippen LogP contribution in [0.4, 0.5) is 0 Å². The number of amides is 2. The summed E-state index contributed by atoms with van der Waals surface area (Å²) in [5.41, 5.74) is 0.830. The summed E-state index contributed by atoms with van der Waals surface area (Å²) in [6.45, 7) is 0.0351. The predicted octanol–water partition coefficient (Wildman–Crippen LogP) is 1.02. The van der Waals surface area contributed by atoms with E-state index in [1.807, 2.05) is 6.07 Å². The molecule has 2 amide bonds. The molecule has 1 aromatic carbocycles. The van der Waals surface area contributed by atoms with Crippen LogP contribution in [0.2, 0.25) is 0 Å². The van der Waals surface area contributed by atoms with Crippen LogP contribution in [0.5, 0.6) is 11.5 Å². The first-order valence-corrected chi connectivity index (χ1v) is 7.49. The molecule has 1 atom stereocenters. The third-order valence-electron chi connectivity index (χ3n) is 3.26. The van der Waals surface area contributed by atoms with Crippen molar-refractivity contribution in [2.75, 3.05) is 33.6 Å². The van der Waals surface area contributed by atoms with Gasteiger partial charge in [-0.2, -0.15) is 0 Å². The van der Waals surface area contributed by atoms with E-state index in [9.17, 15) is 9.59 Å². The van der Waals surface area contributed by atoms with Crippen molar-refractivity contribution in [3.63, 3.8) is 0 Å². The van der Waals surface area contributed by atoms with Gasteiger partial charge in [0.15, 0.2) is 0 Å². The van der Waals surface area contributed by atoms with E-state index in [1.54, 1.807) is 38.3 Å². The molecule has 1 N–H and O–H groups in total. The molecule has 0 radical (unpaired) electrons. The van der Waals surface area contributed by atoms with Gasteiger partial charge in [0, 0.05) is 12.6 Å². The molecule has 1 aliphatic heterocycles. The van der Waals surface area contributed by atoms with Gasteiger partial charge in [-0.05, 0) is 18.2 Å². The van der Waals surface area contributed by atoms with Crippen molar-refractivity contribution < 1.29 is 19.1 Å². The molecule has 0 aliphatic carbocycles. The molecule has 0 saturated carbocycles. The summed E-state index contributed by atoms with van der Waals surface area (Å²) in [5.74, 6) is 1.45. The van der Waals surface area contributed by atoms with Crippen molar-refractivity contribution in [3.05, 3.63) is 23.8 Å². The minimum absolute atomic E-state index is 0.0351. The summed E-state index contributed by atoms with van der Waals surface area (Å²) in [5, 5.41) is 2.29. The molecule has 2 rings (SSSR count). The van der Waals surface area contributed by atoms with Crippen LogP contribution < -0.4 is 14.8 Å². The number of hydrogen-bond donors (Lipinski definition) is 1. The van der Waals surface area contributed by atoms with E-state index in [0.29, 0.717) is 17.3 Å². The zero-order valence-corrected chi connectivity index (χ0v) is 13.0. The number of likely N-dealkylation sites (N-methyl/N-ethyl adjacent to an activating group) is 1. The van der Waals surface area contributed by atoms with E-state index in [2.05, 4.69) is 5.32 Å². The van der Waals surface area contributed by atoms with Crippen molar-refractivity contribution in [1.29, 1.82) is 0 Å². The molecule has 0 spiro atoms. The average Bonchev–Trinajstić information content (AvgIpc) is 2.87. The summed E-state index contributed by atoms with van der Waals surface area (Å²) in [6, 6.07) is 5.44. The van der Waals surface area contributed by atoms with Gasteiger partial charge in [-0.25, -0.2) is 0 Å². The Morgan fingerprint density at radius 1 is 1.43 bits per heavy atom. The van der Waals surface area contributed by atoms with E-state index in [-0.39, 0.29) is 23.7 Å². The molecular weight excluding hydrogens is 292 g/mol. The first kappa shape index (κ1) is 15.5. The first-order chi connectivity index (χ1) is 10.1. The highest BCUT2D eigenvalue weighted by Crippen LogP contribution is 2.43. The standard InChI is InChI=1S/C14H18N2O4S/c1-15-12(17)7-16-13(18)8-21-14(16)10-6-9(19-2)4-5-11(10)20-3/h4-6,14H,7-8H2,1-3H3,(H,15,17). The van der Waals surface area contributed by atoms with Gasteiger partial charge in [-0.3, -0.25) is 9.59 Å². The molecule has 1 saturated heterocycles. The molecule has 21 heavy (non-hydrogen) atoms. The molecule has 1 heterocycles. The predicted molar refractivity (Wildman–Crippen MR) is 80.5 cm³/mol. The normalized spacial score (nSPS) is 17.8. The molecule has 1 fully saturated rings. The largest absolute Gasteiger partial charge is 0.497 e. The number of methoxy groups -OCH3 is 2. The van der Waals surface area contributed by atoms with E-state index in [4.69, 9.17) is 9.47 Å². The van der Waals surface area contributed by atoms with Crippen molar-refractivity contribution in [2.24, 2.45) is 0 Å². The lowest BCUT2D eigenvalue weighted by Crippen LogP contribution is -2.38. The Morgan fingerprint density at radius 2 is 2.19 bits per heavy atom. The second kappa shape index (κ2) is 6.71. The summed E-state index contributed by atoms with van der Waals surface area (Å²) < 4.78 is 10.6. The molecule has 1 aromatic rings. The number of nitrogens with zero attached hydrogens (tertiary/aromatic N) is 1. The average molecular weight is 310 g/mol. The van der Waals surface area contributed by atoms with Crippen molar-refractivity contribution in [3.8, 4) is 11.5 Å². The van der Waals surface area contributed by atoms with Gasteiger partial charge in [0.25, 0.3) is 0 Å². The maximum Gasteiger partial charge on any atom is 0.239 e. The van der Waals surface area contributed by atoms with Gasteiger partial charge < -0.3 is 19.7 Å². The van der Waals surface area contributed by atoms with E-state index in [1.165, 1.54) is 11.8 Å². The molecule has 0 bridgehead atoms. The van der Waals surface area contributed by atoms with E-state index in [0.717, 1.165) is 5.56 Å². The molecular formula is C14H18N2O4S. The third-order valence-corrected chi connectivity index (χ3v) is 4.50. The van der Waals surface area contributed by atoms with Crippen LogP contribution in [0.15, 0.2) is 18.2 Å². The van der Waals surface area contributed by atoms with Crippen LogP contribution >= 0.6 is 11.8 Å². The number of nitrogens with one attached hydrogen (secondary N) is 1. The quantitative estimate of drug-likeness (QED) is 0.879. The SMILES string of the molecule is CNC(=O)CN1C(=O)CSC1c1cc(OC)ccc1OC. The zero-order valence-electron chi connectivity index (χ0n) is 12.2. The lowest BCUT2D eigenvalue weighted by molar-refractivity contribution is -0.133. The maximum absolute atomic E-state index is 12.0. The number of hydrogen-bond acceptors (Lipinski definition) is 5. The fourth-order valence-electron chi connectivity index (χ4n) is 2.15. The first-order valence-electron chi connectivity index (χ1n) is 6.44. The fourth-order valence-corrected chi connectivity index (χ4v) is 3.35. The molecule has 7 heteroatoms. The number of benzene rings is 1. The second-order valence-corrected chi connectivity index (χ2v) is 5.53. The van der Waals surface area contributed by atoms with Crippen LogP contribution in [0.3, 0.4) is 0 Å². The van der Waals surface area contributed by atoms with Crippen LogP contribution in [0.25, 0.3) is 0 Å². The summed E-state index contributed by atoms with van der Waals surface area (Å²) >= 11 is 1.47. The van der Waals surface area contributed by atoms with Gasteiger partial charge in [0.1, 0.15) is 23.4 Å². The highest BCUT2D eigenvalue weighted by molar-refractivity contribution is 8.00. The Bertz CT molecular complexity index is 550. The van der Waals surface area contributed by atoms with Crippen molar-refractivity contribution in [1.82, 2.24) is 10.2 Å². The lowest BCUT2D eigenvalue weighted by atomic mass is 10.1.